The molecule has 7 heteroatoms. The first-order valence-electron chi connectivity index (χ1n) is 6.31. The second kappa shape index (κ2) is 6.74. The maximum absolute atomic E-state index is 11.7. The minimum Gasteiger partial charge on any atom is -0.478 e. The van der Waals surface area contributed by atoms with Crippen molar-refractivity contribution in [1.29, 1.82) is 0 Å². The van der Waals surface area contributed by atoms with Crippen LogP contribution in [0.5, 0.6) is 0 Å². The SMILES string of the molecule is CC(C(=O)O)=C(C)C(=O)NC(=O)NC(C)c1ccc(C)o1. The van der Waals surface area contributed by atoms with Crippen LogP contribution < -0.4 is 10.6 Å². The number of carboxylic acids is 1. The number of nitrogens with one attached hydrogen (secondary N) is 2. The number of carboxylic acid groups (broad SMARTS) is 1. The number of hydrogen-bond acceptors (Lipinski definition) is 4. The zero-order valence-corrected chi connectivity index (χ0v) is 12.3. The summed E-state index contributed by atoms with van der Waals surface area (Å²) >= 11 is 0. The van der Waals surface area contributed by atoms with Gasteiger partial charge in [0.2, 0.25) is 0 Å². The Hall–Kier alpha value is -2.57. The smallest absolute Gasteiger partial charge is 0.331 e. The van der Waals surface area contributed by atoms with Crippen LogP contribution >= 0.6 is 0 Å². The second-order valence-electron chi connectivity index (χ2n) is 4.65. The van der Waals surface area contributed by atoms with Crippen LogP contribution in [0.1, 0.15) is 38.3 Å². The molecule has 1 unspecified atom stereocenters. The summed E-state index contributed by atoms with van der Waals surface area (Å²) in [6.45, 7) is 6.12. The predicted octanol–water partition coefficient (Wildman–Crippen LogP) is 1.90. The summed E-state index contributed by atoms with van der Waals surface area (Å²) in [5.41, 5.74) is -0.144. The molecule has 0 aromatic carbocycles. The van der Waals surface area contributed by atoms with E-state index in [2.05, 4.69) is 10.6 Å². The molecule has 3 amide bonds. The monoisotopic (exact) mass is 294 g/mol. The number of imide groups is 1. The molecule has 0 radical (unpaired) electrons. The zero-order valence-electron chi connectivity index (χ0n) is 12.3. The molecule has 1 atom stereocenters. The van der Waals surface area contributed by atoms with E-state index in [1.165, 1.54) is 13.8 Å². The lowest BCUT2D eigenvalue weighted by molar-refractivity contribution is -0.133. The number of aliphatic carboxylic acids is 1. The fraction of sp³-hybridized carbons (Fsp3) is 0.357. The van der Waals surface area contributed by atoms with E-state index in [1.54, 1.807) is 26.0 Å². The molecule has 0 aliphatic heterocycles. The van der Waals surface area contributed by atoms with Gasteiger partial charge < -0.3 is 14.8 Å². The van der Waals surface area contributed by atoms with Crippen LogP contribution in [0.3, 0.4) is 0 Å². The molecule has 1 aromatic rings. The summed E-state index contributed by atoms with van der Waals surface area (Å²) in [5.74, 6) is -0.687. The molecular formula is C14H18N2O5. The predicted molar refractivity (Wildman–Crippen MR) is 74.5 cm³/mol. The topological polar surface area (TPSA) is 109 Å². The average Bonchev–Trinajstić information content (AvgIpc) is 2.83. The third-order valence-electron chi connectivity index (χ3n) is 2.99. The molecule has 3 N–H and O–H groups in total. The van der Waals surface area contributed by atoms with E-state index >= 15 is 0 Å². The third kappa shape index (κ3) is 4.48. The Morgan fingerprint density at radius 2 is 1.81 bits per heavy atom. The molecule has 0 bridgehead atoms. The lowest BCUT2D eigenvalue weighted by atomic mass is 10.1. The van der Waals surface area contributed by atoms with Crippen LogP contribution in [-0.2, 0) is 9.59 Å². The number of carbonyl (C=O) groups is 3. The molecule has 0 saturated carbocycles. The third-order valence-corrected chi connectivity index (χ3v) is 2.99. The molecule has 0 aliphatic rings. The Morgan fingerprint density at radius 3 is 2.29 bits per heavy atom. The highest BCUT2D eigenvalue weighted by Gasteiger charge is 2.17. The lowest BCUT2D eigenvalue weighted by Gasteiger charge is -2.12. The van der Waals surface area contributed by atoms with Crippen LogP contribution in [0.15, 0.2) is 27.7 Å². The van der Waals surface area contributed by atoms with E-state index in [1.807, 2.05) is 0 Å². The Kier molecular flexibility index (Phi) is 5.29. The van der Waals surface area contributed by atoms with Crippen molar-refractivity contribution in [1.82, 2.24) is 10.6 Å². The van der Waals surface area contributed by atoms with Gasteiger partial charge in [-0.2, -0.15) is 0 Å². The highest BCUT2D eigenvalue weighted by molar-refractivity contribution is 6.07. The van der Waals surface area contributed by atoms with Gasteiger partial charge >= 0.3 is 12.0 Å². The summed E-state index contributed by atoms with van der Waals surface area (Å²) in [6.07, 6.45) is 0. The maximum Gasteiger partial charge on any atom is 0.331 e. The molecule has 21 heavy (non-hydrogen) atoms. The van der Waals surface area contributed by atoms with Crippen molar-refractivity contribution in [3.63, 3.8) is 0 Å². The van der Waals surface area contributed by atoms with Crippen molar-refractivity contribution in [2.75, 3.05) is 0 Å². The summed E-state index contributed by atoms with van der Waals surface area (Å²) in [6, 6.07) is 2.34. The largest absolute Gasteiger partial charge is 0.478 e. The second-order valence-corrected chi connectivity index (χ2v) is 4.65. The summed E-state index contributed by atoms with van der Waals surface area (Å²) in [7, 11) is 0. The van der Waals surface area contributed by atoms with E-state index < -0.39 is 23.9 Å². The van der Waals surface area contributed by atoms with Crippen molar-refractivity contribution in [3.05, 3.63) is 34.8 Å². The van der Waals surface area contributed by atoms with E-state index in [0.29, 0.717) is 11.5 Å². The minimum atomic E-state index is -1.21. The van der Waals surface area contributed by atoms with E-state index in [9.17, 15) is 14.4 Å². The number of rotatable bonds is 4. The zero-order chi connectivity index (χ0) is 16.2. The highest BCUT2D eigenvalue weighted by Crippen LogP contribution is 2.15. The van der Waals surface area contributed by atoms with Crippen molar-refractivity contribution in [2.24, 2.45) is 0 Å². The normalized spacial score (nSPS) is 13.1. The van der Waals surface area contributed by atoms with Gasteiger partial charge in [0.15, 0.2) is 0 Å². The molecule has 0 fully saturated rings. The first-order valence-corrected chi connectivity index (χ1v) is 6.31. The number of aryl methyl sites for hydroxylation is 1. The highest BCUT2D eigenvalue weighted by atomic mass is 16.4. The minimum absolute atomic E-state index is 0.0286. The standard InChI is InChI=1S/C14H18N2O5/c1-7-5-6-11(21-7)10(4)15-14(20)16-12(17)8(2)9(3)13(18)19/h5-6,10H,1-4H3,(H,18,19)(H2,15,16,17,20). The summed E-state index contributed by atoms with van der Waals surface area (Å²) in [4.78, 5) is 34.1. The fourth-order valence-corrected chi connectivity index (χ4v) is 1.52. The molecule has 114 valence electrons. The van der Waals surface area contributed by atoms with Gasteiger partial charge in [-0.25, -0.2) is 9.59 Å². The van der Waals surface area contributed by atoms with Gasteiger partial charge in [0.25, 0.3) is 5.91 Å². The van der Waals surface area contributed by atoms with E-state index in [0.717, 1.165) is 0 Å². The molecular weight excluding hydrogens is 276 g/mol. The van der Waals surface area contributed by atoms with Gasteiger partial charge in [0, 0.05) is 11.1 Å². The van der Waals surface area contributed by atoms with Crippen molar-refractivity contribution in [3.8, 4) is 0 Å². The average molecular weight is 294 g/mol. The van der Waals surface area contributed by atoms with Crippen LogP contribution in [0.2, 0.25) is 0 Å². The van der Waals surface area contributed by atoms with Gasteiger partial charge in [-0.3, -0.25) is 10.1 Å². The molecule has 1 aromatic heterocycles. The summed E-state index contributed by atoms with van der Waals surface area (Å²) < 4.78 is 5.35. The van der Waals surface area contributed by atoms with Crippen LogP contribution in [0.4, 0.5) is 4.79 Å². The van der Waals surface area contributed by atoms with E-state index in [-0.39, 0.29) is 11.1 Å². The van der Waals surface area contributed by atoms with E-state index in [4.69, 9.17) is 9.52 Å². The van der Waals surface area contributed by atoms with Crippen LogP contribution in [0.25, 0.3) is 0 Å². The van der Waals surface area contributed by atoms with Crippen molar-refractivity contribution in [2.45, 2.75) is 33.7 Å². The number of urea groups is 1. The molecule has 0 spiro atoms. The van der Waals surface area contributed by atoms with Gasteiger partial charge in [0.1, 0.15) is 11.5 Å². The first kappa shape index (κ1) is 16.5. The fourth-order valence-electron chi connectivity index (χ4n) is 1.52. The molecule has 1 heterocycles. The quantitative estimate of drug-likeness (QED) is 0.735. The molecule has 0 saturated heterocycles. The summed E-state index contributed by atoms with van der Waals surface area (Å²) in [5, 5.41) is 13.4. The van der Waals surface area contributed by atoms with Gasteiger partial charge in [0.05, 0.1) is 6.04 Å². The Labute approximate surface area is 122 Å². The Bertz CT molecular complexity index is 600. The number of amides is 3. The lowest BCUT2D eigenvalue weighted by Crippen LogP contribution is -2.41. The number of hydrogen-bond donors (Lipinski definition) is 3. The van der Waals surface area contributed by atoms with Crippen LogP contribution in [-0.4, -0.2) is 23.0 Å². The Balaban J connectivity index is 2.64. The number of carbonyl (C=O) groups excluding carboxylic acids is 2. The maximum atomic E-state index is 11.7. The van der Waals surface area contributed by atoms with Gasteiger partial charge in [-0.05, 0) is 39.8 Å². The number of furan rings is 1. The van der Waals surface area contributed by atoms with Gasteiger partial charge in [-0.1, -0.05) is 0 Å². The van der Waals surface area contributed by atoms with Gasteiger partial charge in [-0.15, -0.1) is 0 Å². The molecule has 0 aliphatic carbocycles. The molecule has 7 nitrogen and oxygen atoms in total. The molecule has 1 rings (SSSR count). The van der Waals surface area contributed by atoms with Crippen LogP contribution in [0, 0.1) is 6.92 Å². The van der Waals surface area contributed by atoms with Crippen molar-refractivity contribution < 1.29 is 23.9 Å². The Morgan fingerprint density at radius 1 is 1.19 bits per heavy atom. The first-order chi connectivity index (χ1) is 9.72. The van der Waals surface area contributed by atoms with Crippen molar-refractivity contribution >= 4 is 17.9 Å².